The second-order valence-electron chi connectivity index (χ2n) is 4.66. The second-order valence-corrected chi connectivity index (χ2v) is 4.66. The van der Waals surface area contributed by atoms with E-state index in [1.54, 1.807) is 4.90 Å². The lowest BCUT2D eigenvalue weighted by atomic mass is 10.1. The summed E-state index contributed by atoms with van der Waals surface area (Å²) in [6.07, 6.45) is 4.90. The van der Waals surface area contributed by atoms with E-state index >= 15 is 0 Å². The van der Waals surface area contributed by atoms with Crippen molar-refractivity contribution in [1.82, 2.24) is 10.2 Å². The van der Waals surface area contributed by atoms with Crippen molar-refractivity contribution in [2.24, 2.45) is 5.92 Å². The number of rotatable bonds is 3. The van der Waals surface area contributed by atoms with Crippen LogP contribution >= 0.6 is 0 Å². The van der Waals surface area contributed by atoms with Crippen LogP contribution in [0.15, 0.2) is 18.7 Å². The van der Waals surface area contributed by atoms with Gasteiger partial charge in [0.15, 0.2) is 5.82 Å². The predicted octanol–water partition coefficient (Wildman–Crippen LogP) is 1.83. The minimum absolute atomic E-state index is 0.152. The number of aromatic amines is 1. The van der Waals surface area contributed by atoms with Gasteiger partial charge in [0.1, 0.15) is 0 Å². The molecule has 0 aromatic carbocycles. The van der Waals surface area contributed by atoms with Gasteiger partial charge in [-0.3, -0.25) is 14.8 Å². The summed E-state index contributed by atoms with van der Waals surface area (Å²) in [7, 11) is 0. The molecule has 1 saturated heterocycles. The minimum atomic E-state index is 0.152. The Labute approximate surface area is 94.3 Å². The van der Waals surface area contributed by atoms with Crippen LogP contribution < -0.4 is 4.90 Å². The molecule has 16 heavy (non-hydrogen) atoms. The number of nitrogens with one attached hydrogen (secondary N) is 1. The Hall–Kier alpha value is -1.58. The predicted molar refractivity (Wildman–Crippen MR) is 61.2 cm³/mol. The van der Waals surface area contributed by atoms with Gasteiger partial charge in [-0.15, -0.1) is 6.58 Å². The molecule has 1 aliphatic heterocycles. The van der Waals surface area contributed by atoms with Gasteiger partial charge in [0.2, 0.25) is 5.91 Å². The molecule has 1 N–H and O–H groups in total. The Bertz CT molecular complexity index is 433. The lowest BCUT2D eigenvalue weighted by Crippen LogP contribution is -2.24. The van der Waals surface area contributed by atoms with Crippen molar-refractivity contribution in [3.63, 3.8) is 0 Å². The highest BCUT2D eigenvalue weighted by atomic mass is 16.2. The van der Waals surface area contributed by atoms with Crippen molar-refractivity contribution in [2.75, 3.05) is 11.4 Å². The summed E-state index contributed by atoms with van der Waals surface area (Å²) in [6.45, 7) is 4.46. The Morgan fingerprint density at radius 2 is 2.38 bits per heavy atom. The first kappa shape index (κ1) is 9.63. The molecule has 1 atom stereocenters. The molecule has 0 spiro atoms. The van der Waals surface area contributed by atoms with Crippen LogP contribution in [0.25, 0.3) is 0 Å². The SMILES string of the molecule is C=CC1CC(=O)N(c2cc(C3CC3)[nH]n2)C1. The molecule has 0 radical (unpaired) electrons. The van der Waals surface area contributed by atoms with E-state index < -0.39 is 0 Å². The molecule has 84 valence electrons. The summed E-state index contributed by atoms with van der Waals surface area (Å²) in [5.74, 6) is 1.85. The van der Waals surface area contributed by atoms with Gasteiger partial charge >= 0.3 is 0 Å². The number of hydrogen-bond donors (Lipinski definition) is 1. The zero-order chi connectivity index (χ0) is 11.1. The number of anilines is 1. The summed E-state index contributed by atoms with van der Waals surface area (Å²) in [6, 6.07) is 2.01. The number of aromatic nitrogens is 2. The number of carbonyl (C=O) groups excluding carboxylic acids is 1. The van der Waals surface area contributed by atoms with Crippen LogP contribution in [0, 0.1) is 5.92 Å². The van der Waals surface area contributed by atoms with Gasteiger partial charge in [-0.1, -0.05) is 6.08 Å². The van der Waals surface area contributed by atoms with Crippen LogP contribution in [0.2, 0.25) is 0 Å². The van der Waals surface area contributed by atoms with E-state index in [2.05, 4.69) is 16.8 Å². The van der Waals surface area contributed by atoms with E-state index in [1.165, 1.54) is 18.5 Å². The molecule has 2 fully saturated rings. The quantitative estimate of drug-likeness (QED) is 0.785. The van der Waals surface area contributed by atoms with Gasteiger partial charge in [-0.25, -0.2) is 0 Å². The average Bonchev–Trinajstić information content (AvgIpc) is 2.89. The van der Waals surface area contributed by atoms with Crippen molar-refractivity contribution in [1.29, 1.82) is 0 Å². The molecule has 4 heteroatoms. The van der Waals surface area contributed by atoms with Crippen molar-refractivity contribution in [3.05, 3.63) is 24.4 Å². The molecule has 0 bridgehead atoms. The number of amides is 1. The highest BCUT2D eigenvalue weighted by Crippen LogP contribution is 2.40. The molecule has 1 aliphatic carbocycles. The van der Waals surface area contributed by atoms with Crippen LogP contribution in [0.3, 0.4) is 0 Å². The van der Waals surface area contributed by atoms with Gasteiger partial charge in [-0.05, 0) is 12.8 Å². The fraction of sp³-hybridized carbons (Fsp3) is 0.500. The van der Waals surface area contributed by atoms with Crippen molar-refractivity contribution in [3.8, 4) is 0 Å². The first-order chi connectivity index (χ1) is 7.78. The molecular weight excluding hydrogens is 202 g/mol. The van der Waals surface area contributed by atoms with Crippen LogP contribution in [-0.4, -0.2) is 22.6 Å². The largest absolute Gasteiger partial charge is 0.295 e. The van der Waals surface area contributed by atoms with E-state index in [0.717, 1.165) is 12.4 Å². The lowest BCUT2D eigenvalue weighted by Gasteiger charge is -2.11. The average molecular weight is 217 g/mol. The maximum absolute atomic E-state index is 11.8. The number of nitrogens with zero attached hydrogens (tertiary/aromatic N) is 2. The van der Waals surface area contributed by atoms with Gasteiger partial charge in [0.25, 0.3) is 0 Å². The van der Waals surface area contributed by atoms with Gasteiger partial charge < -0.3 is 0 Å². The normalized spacial score (nSPS) is 25.1. The van der Waals surface area contributed by atoms with E-state index in [4.69, 9.17) is 0 Å². The highest BCUT2D eigenvalue weighted by Gasteiger charge is 2.32. The summed E-state index contributed by atoms with van der Waals surface area (Å²) in [5.41, 5.74) is 1.17. The van der Waals surface area contributed by atoms with E-state index in [9.17, 15) is 4.79 Å². The fourth-order valence-electron chi connectivity index (χ4n) is 2.18. The first-order valence-corrected chi connectivity index (χ1v) is 5.76. The fourth-order valence-corrected chi connectivity index (χ4v) is 2.18. The minimum Gasteiger partial charge on any atom is -0.295 e. The second kappa shape index (κ2) is 3.47. The number of carbonyl (C=O) groups is 1. The van der Waals surface area contributed by atoms with E-state index in [-0.39, 0.29) is 11.8 Å². The summed E-state index contributed by atoms with van der Waals surface area (Å²) >= 11 is 0. The third kappa shape index (κ3) is 1.54. The van der Waals surface area contributed by atoms with Gasteiger partial charge in [-0.2, -0.15) is 5.10 Å². The zero-order valence-electron chi connectivity index (χ0n) is 9.15. The topological polar surface area (TPSA) is 49.0 Å². The van der Waals surface area contributed by atoms with Crippen LogP contribution in [-0.2, 0) is 4.79 Å². The molecule has 1 unspecified atom stereocenters. The van der Waals surface area contributed by atoms with E-state index in [0.29, 0.717) is 12.3 Å². The standard InChI is InChI=1S/C12H15N3O/c1-2-8-5-12(16)15(7-8)11-6-10(13-14-11)9-3-4-9/h2,6,8-9H,1,3-5,7H2,(H,13,14). The summed E-state index contributed by atoms with van der Waals surface area (Å²) < 4.78 is 0. The van der Waals surface area contributed by atoms with Crippen molar-refractivity contribution >= 4 is 11.7 Å². The third-order valence-electron chi connectivity index (χ3n) is 3.37. The highest BCUT2D eigenvalue weighted by molar-refractivity contribution is 5.95. The number of H-pyrrole nitrogens is 1. The maximum atomic E-state index is 11.8. The molecule has 4 nitrogen and oxygen atoms in total. The summed E-state index contributed by atoms with van der Waals surface area (Å²) in [5, 5.41) is 7.25. The van der Waals surface area contributed by atoms with Crippen LogP contribution in [0.5, 0.6) is 0 Å². The maximum Gasteiger partial charge on any atom is 0.228 e. The molecule has 1 saturated carbocycles. The monoisotopic (exact) mass is 217 g/mol. The van der Waals surface area contributed by atoms with Crippen molar-refractivity contribution in [2.45, 2.75) is 25.2 Å². The molecular formula is C12H15N3O. The Kier molecular flexibility index (Phi) is 2.09. The molecule has 3 rings (SSSR count). The zero-order valence-corrected chi connectivity index (χ0v) is 9.15. The van der Waals surface area contributed by atoms with Gasteiger partial charge in [0, 0.05) is 36.6 Å². The van der Waals surface area contributed by atoms with Crippen molar-refractivity contribution < 1.29 is 4.79 Å². The molecule has 1 amide bonds. The Morgan fingerprint density at radius 1 is 1.56 bits per heavy atom. The Balaban J connectivity index is 1.80. The first-order valence-electron chi connectivity index (χ1n) is 5.76. The van der Waals surface area contributed by atoms with Crippen LogP contribution in [0.4, 0.5) is 5.82 Å². The molecule has 1 aromatic rings. The molecule has 2 heterocycles. The number of hydrogen-bond acceptors (Lipinski definition) is 2. The smallest absolute Gasteiger partial charge is 0.228 e. The molecule has 1 aromatic heterocycles. The van der Waals surface area contributed by atoms with Crippen LogP contribution in [0.1, 0.15) is 30.9 Å². The van der Waals surface area contributed by atoms with Gasteiger partial charge in [0.05, 0.1) is 0 Å². The lowest BCUT2D eigenvalue weighted by molar-refractivity contribution is -0.117. The molecule has 2 aliphatic rings. The summed E-state index contributed by atoms with van der Waals surface area (Å²) in [4.78, 5) is 13.5. The Morgan fingerprint density at radius 3 is 3.00 bits per heavy atom. The third-order valence-corrected chi connectivity index (χ3v) is 3.37. The van der Waals surface area contributed by atoms with E-state index in [1.807, 2.05) is 12.1 Å².